The molecule has 0 amide bonds. The minimum absolute atomic E-state index is 0.312. The maximum atomic E-state index is 5.60. The fraction of sp³-hybridized carbons (Fsp3) is 0.600. The largest absolute Gasteiger partial charge is 0.491 e. The summed E-state index contributed by atoms with van der Waals surface area (Å²) in [7, 11) is 0. The maximum Gasteiger partial charge on any atom is 0.119 e. The highest BCUT2D eigenvalue weighted by Gasteiger charge is 2.23. The summed E-state index contributed by atoms with van der Waals surface area (Å²) in [5, 5.41) is 0. The van der Waals surface area contributed by atoms with E-state index in [0.717, 1.165) is 45.0 Å². The molecular weight excluding hydrogens is 244 g/mol. The summed E-state index contributed by atoms with van der Waals surface area (Å²) in [6, 6.07) is 8.29. The van der Waals surface area contributed by atoms with Gasteiger partial charge in [-0.15, -0.1) is 0 Å². The molecule has 0 bridgehead atoms. The number of hydrogen-bond donors (Lipinski definition) is 0. The molecule has 0 spiro atoms. The van der Waals surface area contributed by atoms with Crippen molar-refractivity contribution < 1.29 is 18.9 Å². The van der Waals surface area contributed by atoms with Crippen LogP contribution in [0.25, 0.3) is 0 Å². The normalized spacial score (nSPS) is 24.2. The van der Waals surface area contributed by atoms with Gasteiger partial charge in [-0.1, -0.05) is 12.1 Å². The van der Waals surface area contributed by atoms with Gasteiger partial charge in [0.1, 0.15) is 24.6 Å². The minimum atomic E-state index is 0.312. The van der Waals surface area contributed by atoms with Crippen LogP contribution in [0.3, 0.4) is 0 Å². The van der Waals surface area contributed by atoms with Crippen molar-refractivity contribution in [1.29, 1.82) is 0 Å². The zero-order valence-electron chi connectivity index (χ0n) is 11.0. The Balaban J connectivity index is 1.30. The SMILES string of the molecule is c1cc(OCC2CO2)ccc1CCCOCC1CO1. The van der Waals surface area contributed by atoms with E-state index in [1.807, 2.05) is 12.1 Å². The van der Waals surface area contributed by atoms with Gasteiger partial charge in [-0.3, -0.25) is 0 Å². The molecule has 1 aromatic carbocycles. The molecule has 19 heavy (non-hydrogen) atoms. The van der Waals surface area contributed by atoms with E-state index in [1.54, 1.807) is 0 Å². The Labute approximate surface area is 113 Å². The second kappa shape index (κ2) is 6.37. The fourth-order valence-corrected chi connectivity index (χ4v) is 1.86. The van der Waals surface area contributed by atoms with Crippen molar-refractivity contribution in [3.05, 3.63) is 29.8 Å². The molecule has 2 unspecified atom stereocenters. The highest BCUT2D eigenvalue weighted by Crippen LogP contribution is 2.16. The van der Waals surface area contributed by atoms with Crippen LogP contribution in [0, 0.1) is 0 Å². The minimum Gasteiger partial charge on any atom is -0.491 e. The summed E-state index contributed by atoms with van der Waals surface area (Å²) in [4.78, 5) is 0. The van der Waals surface area contributed by atoms with Gasteiger partial charge >= 0.3 is 0 Å². The second-order valence-electron chi connectivity index (χ2n) is 5.04. The molecule has 2 fully saturated rings. The first-order valence-corrected chi connectivity index (χ1v) is 6.93. The highest BCUT2D eigenvalue weighted by molar-refractivity contribution is 5.27. The van der Waals surface area contributed by atoms with Crippen LogP contribution in [0.1, 0.15) is 12.0 Å². The summed E-state index contributed by atoms with van der Waals surface area (Å²) < 4.78 is 21.3. The molecular formula is C15H20O4. The number of ether oxygens (including phenoxy) is 4. The van der Waals surface area contributed by atoms with Crippen LogP contribution >= 0.6 is 0 Å². The molecule has 0 N–H and O–H groups in total. The van der Waals surface area contributed by atoms with Gasteiger partial charge in [-0.05, 0) is 30.5 Å². The quantitative estimate of drug-likeness (QED) is 0.504. The predicted octanol–water partition coefficient (Wildman–Crippen LogP) is 1.81. The standard InChI is InChI=1S/C15H20O4/c1(7-16-8-14-9-18-14)2-12-3-5-13(6-4-12)17-10-15-11-19-15/h3-6,14-15H,1-2,7-11H2. The first-order chi connectivity index (χ1) is 9.40. The smallest absolute Gasteiger partial charge is 0.119 e. The van der Waals surface area contributed by atoms with Crippen LogP contribution in [0.4, 0.5) is 0 Å². The average molecular weight is 264 g/mol. The molecule has 2 heterocycles. The van der Waals surface area contributed by atoms with E-state index in [-0.39, 0.29) is 0 Å². The van der Waals surface area contributed by atoms with E-state index in [1.165, 1.54) is 5.56 Å². The molecule has 0 aliphatic carbocycles. The summed E-state index contributed by atoms with van der Waals surface area (Å²) in [6.45, 7) is 3.92. The molecule has 2 aliphatic rings. The lowest BCUT2D eigenvalue weighted by atomic mass is 10.1. The molecule has 4 nitrogen and oxygen atoms in total. The maximum absolute atomic E-state index is 5.60. The first kappa shape index (κ1) is 12.9. The van der Waals surface area contributed by atoms with Crippen LogP contribution in [0.15, 0.2) is 24.3 Å². The molecule has 0 aromatic heterocycles. The second-order valence-corrected chi connectivity index (χ2v) is 5.04. The summed E-state index contributed by atoms with van der Waals surface area (Å²) in [5.41, 5.74) is 1.32. The molecule has 2 atom stereocenters. The molecule has 3 rings (SSSR count). The van der Waals surface area contributed by atoms with Crippen LogP contribution in [0.2, 0.25) is 0 Å². The van der Waals surface area contributed by atoms with Crippen molar-refractivity contribution in [3.63, 3.8) is 0 Å². The van der Waals surface area contributed by atoms with Gasteiger partial charge in [0.2, 0.25) is 0 Å². The number of hydrogen-bond acceptors (Lipinski definition) is 4. The van der Waals surface area contributed by atoms with Crippen molar-refractivity contribution in [2.24, 2.45) is 0 Å². The van der Waals surface area contributed by atoms with Crippen LogP contribution < -0.4 is 4.74 Å². The third-order valence-corrected chi connectivity index (χ3v) is 3.22. The number of rotatable bonds is 9. The summed E-state index contributed by atoms with van der Waals surface area (Å²) in [5.74, 6) is 0.918. The Morgan fingerprint density at radius 3 is 2.37 bits per heavy atom. The molecule has 0 saturated carbocycles. The van der Waals surface area contributed by atoms with Gasteiger partial charge in [-0.25, -0.2) is 0 Å². The molecule has 0 radical (unpaired) electrons. The van der Waals surface area contributed by atoms with Crippen molar-refractivity contribution >= 4 is 0 Å². The summed E-state index contributed by atoms with van der Waals surface area (Å²) in [6.07, 6.45) is 2.76. The number of benzene rings is 1. The zero-order chi connectivity index (χ0) is 12.9. The van der Waals surface area contributed by atoms with E-state index in [0.29, 0.717) is 18.8 Å². The Morgan fingerprint density at radius 1 is 1.00 bits per heavy atom. The molecule has 2 aliphatic heterocycles. The van der Waals surface area contributed by atoms with Gasteiger partial charge in [0.15, 0.2) is 0 Å². The van der Waals surface area contributed by atoms with Crippen LogP contribution in [-0.2, 0) is 20.6 Å². The molecule has 104 valence electrons. The van der Waals surface area contributed by atoms with Crippen LogP contribution in [-0.4, -0.2) is 45.2 Å². The fourth-order valence-electron chi connectivity index (χ4n) is 1.86. The lowest BCUT2D eigenvalue weighted by molar-refractivity contribution is 0.114. The van der Waals surface area contributed by atoms with Crippen molar-refractivity contribution in [1.82, 2.24) is 0 Å². The van der Waals surface area contributed by atoms with Crippen LogP contribution in [0.5, 0.6) is 5.75 Å². The third-order valence-electron chi connectivity index (χ3n) is 3.22. The topological polar surface area (TPSA) is 43.5 Å². The average Bonchev–Trinajstić information content (AvgIpc) is 3.31. The van der Waals surface area contributed by atoms with E-state index >= 15 is 0 Å². The van der Waals surface area contributed by atoms with E-state index in [4.69, 9.17) is 18.9 Å². The first-order valence-electron chi connectivity index (χ1n) is 6.93. The Kier molecular flexibility index (Phi) is 4.33. The lowest BCUT2D eigenvalue weighted by Gasteiger charge is -2.06. The zero-order valence-corrected chi connectivity index (χ0v) is 11.0. The van der Waals surface area contributed by atoms with Gasteiger partial charge in [0, 0.05) is 6.61 Å². The Morgan fingerprint density at radius 2 is 1.68 bits per heavy atom. The summed E-state index contributed by atoms with van der Waals surface area (Å²) >= 11 is 0. The van der Waals surface area contributed by atoms with Crippen molar-refractivity contribution in [2.75, 3.05) is 33.0 Å². The highest BCUT2D eigenvalue weighted by atomic mass is 16.6. The number of epoxide rings is 2. The Bertz CT molecular complexity index is 382. The van der Waals surface area contributed by atoms with Gasteiger partial charge in [0.05, 0.1) is 19.8 Å². The van der Waals surface area contributed by atoms with Crippen molar-refractivity contribution in [2.45, 2.75) is 25.0 Å². The lowest BCUT2D eigenvalue weighted by Crippen LogP contribution is -2.04. The van der Waals surface area contributed by atoms with Gasteiger partial charge in [-0.2, -0.15) is 0 Å². The third kappa shape index (κ3) is 4.82. The Hall–Kier alpha value is -1.10. The van der Waals surface area contributed by atoms with Gasteiger partial charge < -0.3 is 18.9 Å². The predicted molar refractivity (Wildman–Crippen MR) is 70.6 cm³/mol. The molecule has 1 aromatic rings. The monoisotopic (exact) mass is 264 g/mol. The van der Waals surface area contributed by atoms with E-state index < -0.39 is 0 Å². The van der Waals surface area contributed by atoms with E-state index in [9.17, 15) is 0 Å². The number of aryl methyl sites for hydroxylation is 1. The molecule has 2 saturated heterocycles. The van der Waals surface area contributed by atoms with Crippen molar-refractivity contribution in [3.8, 4) is 5.75 Å². The van der Waals surface area contributed by atoms with Gasteiger partial charge in [0.25, 0.3) is 0 Å². The van der Waals surface area contributed by atoms with E-state index in [2.05, 4.69) is 12.1 Å². The molecule has 4 heteroatoms.